The molecule has 7 heteroatoms. The summed E-state index contributed by atoms with van der Waals surface area (Å²) in [7, 11) is 3.08. The second-order valence-electron chi connectivity index (χ2n) is 7.85. The van der Waals surface area contributed by atoms with Gasteiger partial charge in [-0.3, -0.25) is 9.59 Å². The molecule has 0 saturated carbocycles. The highest BCUT2D eigenvalue weighted by molar-refractivity contribution is 6.46. The van der Waals surface area contributed by atoms with Crippen LogP contribution in [0.4, 0.5) is 4.39 Å². The number of aliphatic hydroxyl groups is 1. The van der Waals surface area contributed by atoms with Gasteiger partial charge in [-0.1, -0.05) is 48.5 Å². The van der Waals surface area contributed by atoms with Gasteiger partial charge >= 0.3 is 0 Å². The number of amides is 1. The minimum Gasteiger partial charge on any atom is -0.507 e. The minimum absolute atomic E-state index is 0.0610. The minimum atomic E-state index is -0.920. The normalized spacial score (nSPS) is 17.1. The van der Waals surface area contributed by atoms with Gasteiger partial charge in [0, 0.05) is 12.1 Å². The fraction of sp³-hybridized carbons (Fsp3) is 0.185. The molecule has 1 amide bonds. The SMILES string of the molecule is COc1ccc(CCN2C(=O)C(=O)C(=C(O)c3ccccc3)C2c2cccc(F)c2)cc1OC. The third kappa shape index (κ3) is 4.37. The number of carbonyl (C=O) groups excluding carboxylic acids is 2. The van der Waals surface area contributed by atoms with Crippen molar-refractivity contribution >= 4 is 17.4 Å². The van der Waals surface area contributed by atoms with Crippen LogP contribution in [0.5, 0.6) is 11.5 Å². The fourth-order valence-corrected chi connectivity index (χ4v) is 4.17. The molecule has 3 aromatic carbocycles. The first-order valence-corrected chi connectivity index (χ1v) is 10.7. The Morgan fingerprint density at radius 1 is 0.941 bits per heavy atom. The molecule has 0 aliphatic carbocycles. The predicted molar refractivity (Wildman–Crippen MR) is 125 cm³/mol. The molecule has 174 valence electrons. The molecule has 1 N–H and O–H groups in total. The molecule has 1 aliphatic rings. The molecular weight excluding hydrogens is 437 g/mol. The first-order chi connectivity index (χ1) is 16.4. The van der Waals surface area contributed by atoms with Crippen LogP contribution in [-0.4, -0.2) is 42.5 Å². The molecule has 1 saturated heterocycles. The van der Waals surface area contributed by atoms with Crippen LogP contribution in [0.25, 0.3) is 5.76 Å². The number of hydrogen-bond acceptors (Lipinski definition) is 5. The van der Waals surface area contributed by atoms with Gasteiger partial charge in [-0.25, -0.2) is 4.39 Å². The molecule has 1 atom stereocenters. The lowest BCUT2D eigenvalue weighted by molar-refractivity contribution is -0.139. The van der Waals surface area contributed by atoms with Crippen LogP contribution in [0, 0.1) is 5.82 Å². The number of ketones is 1. The number of Topliss-reactive ketones (excluding diaryl/α,β-unsaturated/α-hetero) is 1. The number of aliphatic hydroxyl groups excluding tert-OH is 1. The van der Waals surface area contributed by atoms with Gasteiger partial charge in [-0.15, -0.1) is 0 Å². The molecule has 0 aromatic heterocycles. The van der Waals surface area contributed by atoms with E-state index >= 15 is 0 Å². The Labute approximate surface area is 196 Å². The van der Waals surface area contributed by atoms with Gasteiger partial charge in [0.25, 0.3) is 11.7 Å². The number of rotatable bonds is 7. The molecule has 0 bridgehead atoms. The molecular formula is C27H24FNO5. The average Bonchev–Trinajstić information content (AvgIpc) is 3.12. The van der Waals surface area contributed by atoms with E-state index in [0.717, 1.165) is 5.56 Å². The van der Waals surface area contributed by atoms with Crippen LogP contribution in [0.3, 0.4) is 0 Å². The molecule has 1 unspecified atom stereocenters. The van der Waals surface area contributed by atoms with Crippen molar-refractivity contribution < 1.29 is 28.6 Å². The molecule has 0 radical (unpaired) electrons. The van der Waals surface area contributed by atoms with Gasteiger partial charge in [0.2, 0.25) is 0 Å². The maximum atomic E-state index is 14.1. The zero-order chi connectivity index (χ0) is 24.2. The second kappa shape index (κ2) is 9.79. The lowest BCUT2D eigenvalue weighted by Gasteiger charge is -2.25. The van der Waals surface area contributed by atoms with Crippen molar-refractivity contribution in [3.63, 3.8) is 0 Å². The molecule has 6 nitrogen and oxygen atoms in total. The number of methoxy groups -OCH3 is 2. The van der Waals surface area contributed by atoms with Crippen molar-refractivity contribution in [2.45, 2.75) is 12.5 Å². The maximum Gasteiger partial charge on any atom is 0.295 e. The lowest BCUT2D eigenvalue weighted by Crippen LogP contribution is -2.31. The zero-order valence-corrected chi connectivity index (χ0v) is 18.8. The van der Waals surface area contributed by atoms with Crippen LogP contribution in [-0.2, 0) is 16.0 Å². The largest absolute Gasteiger partial charge is 0.507 e. The summed E-state index contributed by atoms with van der Waals surface area (Å²) in [5.41, 5.74) is 1.61. The van der Waals surface area contributed by atoms with E-state index in [4.69, 9.17) is 9.47 Å². The summed E-state index contributed by atoms with van der Waals surface area (Å²) >= 11 is 0. The van der Waals surface area contributed by atoms with Crippen LogP contribution in [0.15, 0.2) is 78.4 Å². The van der Waals surface area contributed by atoms with E-state index in [1.54, 1.807) is 55.6 Å². The first kappa shape index (κ1) is 23.0. The number of carbonyl (C=O) groups is 2. The summed E-state index contributed by atoms with van der Waals surface area (Å²) in [5, 5.41) is 11.0. The van der Waals surface area contributed by atoms with Crippen molar-refractivity contribution in [3.05, 3.63) is 101 Å². The van der Waals surface area contributed by atoms with Gasteiger partial charge in [0.1, 0.15) is 11.6 Å². The topological polar surface area (TPSA) is 76.1 Å². The Hall–Kier alpha value is -4.13. The highest BCUT2D eigenvalue weighted by Crippen LogP contribution is 2.39. The smallest absolute Gasteiger partial charge is 0.295 e. The van der Waals surface area contributed by atoms with E-state index < -0.39 is 23.5 Å². The number of halogens is 1. The average molecular weight is 461 g/mol. The molecule has 4 rings (SSSR count). The van der Waals surface area contributed by atoms with Crippen molar-refractivity contribution in [1.29, 1.82) is 0 Å². The summed E-state index contributed by atoms with van der Waals surface area (Å²) in [6.07, 6.45) is 0.407. The molecule has 1 aliphatic heterocycles. The molecule has 1 heterocycles. The Bertz CT molecular complexity index is 1250. The van der Waals surface area contributed by atoms with Crippen molar-refractivity contribution in [2.75, 3.05) is 20.8 Å². The van der Waals surface area contributed by atoms with Crippen molar-refractivity contribution in [1.82, 2.24) is 4.90 Å². The highest BCUT2D eigenvalue weighted by atomic mass is 19.1. The molecule has 34 heavy (non-hydrogen) atoms. The van der Waals surface area contributed by atoms with E-state index in [9.17, 15) is 19.1 Å². The van der Waals surface area contributed by atoms with Crippen LogP contribution in [0.2, 0.25) is 0 Å². The van der Waals surface area contributed by atoms with Crippen LogP contribution >= 0.6 is 0 Å². The number of nitrogens with zero attached hydrogens (tertiary/aromatic N) is 1. The van der Waals surface area contributed by atoms with Crippen LogP contribution < -0.4 is 9.47 Å². The van der Waals surface area contributed by atoms with E-state index in [0.29, 0.717) is 29.0 Å². The second-order valence-corrected chi connectivity index (χ2v) is 7.85. The summed E-state index contributed by atoms with van der Waals surface area (Å²) in [6.45, 7) is 0.173. The summed E-state index contributed by atoms with van der Waals surface area (Å²) in [5.74, 6) is -1.21. The number of likely N-dealkylation sites (tertiary alicyclic amines) is 1. The summed E-state index contributed by atoms with van der Waals surface area (Å²) in [4.78, 5) is 27.5. The Balaban J connectivity index is 1.74. The Morgan fingerprint density at radius 3 is 2.35 bits per heavy atom. The van der Waals surface area contributed by atoms with Gasteiger partial charge < -0.3 is 19.5 Å². The molecule has 3 aromatic rings. The Morgan fingerprint density at radius 2 is 1.68 bits per heavy atom. The Kier molecular flexibility index (Phi) is 6.63. The van der Waals surface area contributed by atoms with Gasteiger partial charge in [-0.2, -0.15) is 0 Å². The van der Waals surface area contributed by atoms with Gasteiger partial charge in [0.05, 0.1) is 25.8 Å². The van der Waals surface area contributed by atoms with Gasteiger partial charge in [-0.05, 0) is 41.8 Å². The molecule has 1 fully saturated rings. The van der Waals surface area contributed by atoms with Crippen LogP contribution in [0.1, 0.15) is 22.7 Å². The third-order valence-corrected chi connectivity index (χ3v) is 5.84. The van der Waals surface area contributed by atoms with Crippen molar-refractivity contribution in [3.8, 4) is 11.5 Å². The van der Waals surface area contributed by atoms with E-state index in [1.165, 1.54) is 30.2 Å². The monoisotopic (exact) mass is 461 g/mol. The fourth-order valence-electron chi connectivity index (χ4n) is 4.17. The quantitative estimate of drug-likeness (QED) is 0.318. The number of ether oxygens (including phenoxy) is 2. The summed E-state index contributed by atoms with van der Waals surface area (Å²) < 4.78 is 24.7. The number of hydrogen-bond donors (Lipinski definition) is 1. The zero-order valence-electron chi connectivity index (χ0n) is 18.8. The van der Waals surface area contributed by atoms with E-state index in [2.05, 4.69) is 0 Å². The molecule has 0 spiro atoms. The number of benzene rings is 3. The predicted octanol–water partition coefficient (Wildman–Crippen LogP) is 4.51. The van der Waals surface area contributed by atoms with E-state index in [1.807, 2.05) is 6.07 Å². The standard InChI is InChI=1S/C27H24FNO5/c1-33-21-12-11-17(15-22(21)34-2)13-14-29-24(19-9-6-10-20(28)16-19)23(26(31)27(29)32)25(30)18-7-4-3-5-8-18/h3-12,15-16,24,30H,13-14H2,1-2H3. The lowest BCUT2D eigenvalue weighted by atomic mass is 9.95. The first-order valence-electron chi connectivity index (χ1n) is 10.7. The van der Waals surface area contributed by atoms with E-state index in [-0.39, 0.29) is 17.9 Å². The summed E-state index contributed by atoms with van der Waals surface area (Å²) in [6, 6.07) is 18.7. The maximum absolute atomic E-state index is 14.1. The third-order valence-electron chi connectivity index (χ3n) is 5.84. The van der Waals surface area contributed by atoms with Gasteiger partial charge in [0.15, 0.2) is 11.5 Å². The highest BCUT2D eigenvalue weighted by Gasteiger charge is 2.45. The van der Waals surface area contributed by atoms with Crippen molar-refractivity contribution in [2.24, 2.45) is 0 Å².